The van der Waals surface area contributed by atoms with E-state index in [-0.39, 0.29) is 30.2 Å². The number of aromatic carboxylic acids is 1. The zero-order valence-electron chi connectivity index (χ0n) is 15.8. The lowest BCUT2D eigenvalue weighted by molar-refractivity contribution is -0.125. The van der Waals surface area contributed by atoms with E-state index in [4.69, 9.17) is 10.4 Å². The predicted octanol–water partition coefficient (Wildman–Crippen LogP) is -0.131. The second-order valence-electron chi connectivity index (χ2n) is 6.62. The fourth-order valence-corrected chi connectivity index (χ4v) is 3.63. The number of carbonyl (C=O) groups is 2. The van der Waals surface area contributed by atoms with Crippen molar-refractivity contribution in [3.8, 4) is 5.75 Å². The molecule has 3 rings (SSSR count). The number of amides is 1. The summed E-state index contributed by atoms with van der Waals surface area (Å²) in [6, 6.07) is 4.11. The Morgan fingerprint density at radius 3 is 2.97 bits per heavy atom. The number of para-hydroxylation sites is 1. The number of nitrogens with zero attached hydrogens (tertiary/aromatic N) is 3. The first kappa shape index (κ1) is 21.2. The Hall–Kier alpha value is -2.57. The molecule has 0 saturated heterocycles. The van der Waals surface area contributed by atoms with Gasteiger partial charge in [0.05, 0.1) is 23.4 Å². The first-order chi connectivity index (χ1) is 13.9. The number of aromatic nitrogens is 3. The first-order valence-electron chi connectivity index (χ1n) is 9.04. The van der Waals surface area contributed by atoms with Gasteiger partial charge in [-0.2, -0.15) is 11.8 Å². The number of thioether (sulfide) groups is 1. The molecular formula is C17H22BN5O5S. The maximum atomic E-state index is 12.9. The number of hydrogen-bond acceptors (Lipinski definition) is 8. The minimum absolute atomic E-state index is 0.0268. The molecule has 0 spiro atoms. The monoisotopic (exact) mass is 419 g/mol. The van der Waals surface area contributed by atoms with Gasteiger partial charge in [0.1, 0.15) is 11.8 Å². The number of fused-ring (bicyclic) bond motifs is 1. The number of hydrogen-bond donors (Lipinski definition) is 4. The summed E-state index contributed by atoms with van der Waals surface area (Å²) in [6.45, 7) is 0.217. The Morgan fingerprint density at radius 1 is 1.52 bits per heavy atom. The van der Waals surface area contributed by atoms with Crippen LogP contribution in [0, 0.1) is 0 Å². The normalized spacial score (nSPS) is 16.7. The maximum Gasteiger partial charge on any atom is 0.547 e. The van der Waals surface area contributed by atoms with Crippen molar-refractivity contribution in [2.24, 2.45) is 5.73 Å². The summed E-state index contributed by atoms with van der Waals surface area (Å²) in [7, 11) is -1.37. The van der Waals surface area contributed by atoms with Crippen molar-refractivity contribution in [3.05, 3.63) is 41.2 Å². The van der Waals surface area contributed by atoms with E-state index >= 15 is 0 Å². The second-order valence-corrected chi connectivity index (χ2v) is 7.60. The summed E-state index contributed by atoms with van der Waals surface area (Å²) >= 11 is 1.60. The lowest BCUT2D eigenvalue weighted by Gasteiger charge is -2.30. The van der Waals surface area contributed by atoms with Crippen LogP contribution >= 0.6 is 11.8 Å². The van der Waals surface area contributed by atoms with Crippen LogP contribution in [0.15, 0.2) is 24.4 Å². The lowest BCUT2D eigenvalue weighted by Crippen LogP contribution is -2.54. The van der Waals surface area contributed by atoms with Gasteiger partial charge in [-0.25, -0.2) is 9.48 Å². The molecule has 154 valence electrons. The van der Waals surface area contributed by atoms with E-state index in [1.54, 1.807) is 30.1 Å². The fraction of sp³-hybridized carbons (Fsp3) is 0.412. The maximum absolute atomic E-state index is 12.9. The topological polar surface area (TPSA) is 153 Å². The van der Waals surface area contributed by atoms with Crippen molar-refractivity contribution in [1.82, 2.24) is 20.3 Å². The zero-order chi connectivity index (χ0) is 21.0. The molecule has 0 fully saturated rings. The third-order valence-electron chi connectivity index (χ3n) is 4.66. The Balaban J connectivity index is 1.77. The highest BCUT2D eigenvalue weighted by molar-refractivity contribution is 7.98. The molecule has 1 aromatic heterocycles. The van der Waals surface area contributed by atoms with Crippen molar-refractivity contribution in [1.29, 1.82) is 0 Å². The van der Waals surface area contributed by atoms with Crippen molar-refractivity contribution >= 4 is 30.8 Å². The molecule has 1 aliphatic heterocycles. The van der Waals surface area contributed by atoms with Crippen LogP contribution in [-0.2, 0) is 17.8 Å². The highest BCUT2D eigenvalue weighted by Gasteiger charge is 2.39. The van der Waals surface area contributed by atoms with Crippen LogP contribution in [0.25, 0.3) is 0 Å². The Morgan fingerprint density at radius 2 is 2.31 bits per heavy atom. The van der Waals surface area contributed by atoms with Crippen LogP contribution in [0.3, 0.4) is 0 Å². The molecule has 1 unspecified atom stereocenters. The van der Waals surface area contributed by atoms with Crippen LogP contribution in [0.2, 0.25) is 0 Å². The van der Waals surface area contributed by atoms with Gasteiger partial charge >= 0.3 is 13.1 Å². The van der Waals surface area contributed by atoms with Gasteiger partial charge in [-0.1, -0.05) is 17.3 Å². The highest BCUT2D eigenvalue weighted by Crippen LogP contribution is 2.30. The van der Waals surface area contributed by atoms with E-state index in [9.17, 15) is 19.7 Å². The van der Waals surface area contributed by atoms with Crippen LogP contribution < -0.4 is 15.7 Å². The van der Waals surface area contributed by atoms with Crippen molar-refractivity contribution in [3.63, 3.8) is 0 Å². The van der Waals surface area contributed by atoms with Gasteiger partial charge in [-0.15, -0.1) is 5.10 Å². The lowest BCUT2D eigenvalue weighted by atomic mass is 9.72. The number of benzene rings is 1. The van der Waals surface area contributed by atoms with Crippen molar-refractivity contribution < 1.29 is 24.4 Å². The van der Waals surface area contributed by atoms with Gasteiger partial charge in [0, 0.05) is 6.54 Å². The van der Waals surface area contributed by atoms with Gasteiger partial charge < -0.3 is 25.8 Å². The van der Waals surface area contributed by atoms with E-state index in [0.29, 0.717) is 17.7 Å². The predicted molar refractivity (Wildman–Crippen MR) is 108 cm³/mol. The zero-order valence-corrected chi connectivity index (χ0v) is 16.6. The van der Waals surface area contributed by atoms with E-state index in [0.717, 1.165) is 5.75 Å². The molecule has 0 bridgehead atoms. The molecule has 1 amide bonds. The van der Waals surface area contributed by atoms with Gasteiger partial charge in [0.25, 0.3) is 0 Å². The largest absolute Gasteiger partial charge is 0.547 e. The number of carbonyl (C=O) groups excluding carboxylic acids is 1. The average molecular weight is 419 g/mol. The summed E-state index contributed by atoms with van der Waals surface area (Å²) in [5, 5.41) is 30.4. The van der Waals surface area contributed by atoms with Crippen molar-refractivity contribution in [2.75, 3.05) is 12.0 Å². The third kappa shape index (κ3) is 4.71. The molecule has 1 aromatic carbocycles. The van der Waals surface area contributed by atoms with Crippen molar-refractivity contribution in [2.45, 2.75) is 31.4 Å². The van der Waals surface area contributed by atoms with E-state index in [2.05, 4.69) is 15.6 Å². The molecule has 0 aliphatic carbocycles. The number of nitrogens with two attached hydrogens (primary N) is 1. The van der Waals surface area contributed by atoms with Gasteiger partial charge in [0.15, 0.2) is 0 Å². The Kier molecular flexibility index (Phi) is 6.77. The minimum atomic E-state index is -1.37. The summed E-state index contributed by atoms with van der Waals surface area (Å²) < 4.78 is 6.90. The SMILES string of the molecule is CSCCC(C(=O)N[C@H]1Cc2cccc(C(=O)O)c2OB1O)n1cc(CN)nn1. The number of carboxylic acids is 1. The van der Waals surface area contributed by atoms with Gasteiger partial charge in [-0.05, 0) is 36.5 Å². The number of rotatable bonds is 8. The average Bonchev–Trinajstić information content (AvgIpc) is 3.17. The summed E-state index contributed by atoms with van der Waals surface area (Å²) in [5.74, 6) is -1.35. The molecule has 10 nitrogen and oxygen atoms in total. The second kappa shape index (κ2) is 9.29. The van der Waals surface area contributed by atoms with Crippen LogP contribution in [0.4, 0.5) is 0 Å². The third-order valence-corrected chi connectivity index (χ3v) is 5.31. The standard InChI is InChI=1S/C17H22BN5O5S/c1-29-6-5-13(23-9-11(8-19)21-22-23)16(24)20-14-7-10-3-2-4-12(17(25)26)15(10)28-18(14)27/h2-4,9,13-14,27H,5-8,19H2,1H3,(H,20,24)(H,25,26)/t13?,14-/m0/s1. The molecular weight excluding hydrogens is 397 g/mol. The summed E-state index contributed by atoms with van der Waals surface area (Å²) in [4.78, 5) is 24.3. The van der Waals surface area contributed by atoms with E-state index < -0.39 is 25.1 Å². The molecule has 0 radical (unpaired) electrons. The number of carboxylic acid groups (broad SMARTS) is 1. The van der Waals surface area contributed by atoms with E-state index in [1.165, 1.54) is 10.7 Å². The Bertz CT molecular complexity index is 895. The fourth-order valence-electron chi connectivity index (χ4n) is 3.17. The van der Waals surface area contributed by atoms with Crippen LogP contribution in [0.5, 0.6) is 5.75 Å². The Labute approximate surface area is 171 Å². The minimum Gasteiger partial charge on any atom is -0.534 e. The smallest absolute Gasteiger partial charge is 0.534 e. The first-order valence-corrected chi connectivity index (χ1v) is 10.4. The van der Waals surface area contributed by atoms with Crippen LogP contribution in [0.1, 0.15) is 34.1 Å². The quantitative estimate of drug-likeness (QED) is 0.429. The van der Waals surface area contributed by atoms with E-state index in [1.807, 2.05) is 6.26 Å². The highest BCUT2D eigenvalue weighted by atomic mass is 32.2. The molecule has 29 heavy (non-hydrogen) atoms. The molecule has 1 aliphatic rings. The molecule has 12 heteroatoms. The van der Waals surface area contributed by atoms with Gasteiger partial charge in [-0.3, -0.25) is 4.79 Å². The summed E-state index contributed by atoms with van der Waals surface area (Å²) in [5.41, 5.74) is 6.72. The molecule has 0 saturated carbocycles. The molecule has 2 atom stereocenters. The molecule has 2 heterocycles. The summed E-state index contributed by atoms with van der Waals surface area (Å²) in [6.07, 6.45) is 4.33. The van der Waals surface area contributed by atoms with Crippen LogP contribution in [-0.4, -0.2) is 62.1 Å². The molecule has 5 N–H and O–H groups in total. The molecule has 2 aromatic rings. The van der Waals surface area contributed by atoms with Gasteiger partial charge in [0.2, 0.25) is 5.91 Å². The number of nitrogens with one attached hydrogen (secondary N) is 1.